The summed E-state index contributed by atoms with van der Waals surface area (Å²) in [6, 6.07) is 5.23. The van der Waals surface area contributed by atoms with Crippen LogP contribution in [0.1, 0.15) is 26.3 Å². The van der Waals surface area contributed by atoms with Gasteiger partial charge >= 0.3 is 5.12 Å². The van der Waals surface area contributed by atoms with Gasteiger partial charge in [-0.3, -0.25) is 9.22 Å². The van der Waals surface area contributed by atoms with Crippen molar-refractivity contribution in [3.8, 4) is 0 Å². The molecule has 1 rings (SSSR count). The fourth-order valence-electron chi connectivity index (χ4n) is 1.45. The molecule has 0 aromatic heterocycles. The van der Waals surface area contributed by atoms with E-state index in [0.29, 0.717) is 22.2 Å². The largest absolute Gasteiger partial charge is 0.364 e. The van der Waals surface area contributed by atoms with E-state index in [1.54, 1.807) is 18.2 Å². The molecule has 2 nitrogen and oxygen atoms in total. The maximum Gasteiger partial charge on any atom is 0.364 e. The standard InChI is InChI=1S/C14H17Cl2O2S/c1-4-18-14(9(2)3)19-13(17)8-10-11(15)6-5-7-12(10)16/h5-7,9H,4,8H2,1-3H3/q+1. The molecule has 0 radical (unpaired) electrons. The third-order valence-corrected chi connectivity index (χ3v) is 4.23. The molecule has 5 heteroatoms. The number of hydrogen-bond acceptors (Lipinski definition) is 2. The van der Waals surface area contributed by atoms with Gasteiger partial charge in [0.2, 0.25) is 5.12 Å². The second kappa shape index (κ2) is 7.93. The Morgan fingerprint density at radius 3 is 2.37 bits per heavy atom. The normalized spacial score (nSPS) is 12.0. The third-order valence-electron chi connectivity index (χ3n) is 2.36. The molecule has 104 valence electrons. The number of carbonyl (C=O) groups is 1. The van der Waals surface area contributed by atoms with Crippen molar-refractivity contribution in [2.75, 3.05) is 6.61 Å². The van der Waals surface area contributed by atoms with Crippen LogP contribution < -0.4 is 0 Å². The van der Waals surface area contributed by atoms with Crippen LogP contribution in [0.2, 0.25) is 10.0 Å². The van der Waals surface area contributed by atoms with Crippen molar-refractivity contribution < 1.29 is 9.22 Å². The average Bonchev–Trinajstić information content (AvgIpc) is 2.33. The Labute approximate surface area is 128 Å². The van der Waals surface area contributed by atoms with Crippen LogP contribution in [0.5, 0.6) is 0 Å². The molecule has 0 N–H and O–H groups in total. The molecular weight excluding hydrogens is 303 g/mol. The SMILES string of the molecule is CC[O+]=C(SC(=O)Cc1c(Cl)cccc1Cl)C(C)C. The summed E-state index contributed by atoms with van der Waals surface area (Å²) in [4.78, 5) is 12.1. The highest BCUT2D eigenvalue weighted by Gasteiger charge is 2.23. The molecule has 19 heavy (non-hydrogen) atoms. The Kier molecular flexibility index (Phi) is 6.90. The van der Waals surface area contributed by atoms with Gasteiger partial charge in [-0.15, -0.1) is 0 Å². The van der Waals surface area contributed by atoms with Crippen molar-refractivity contribution in [2.24, 2.45) is 5.92 Å². The highest BCUT2D eigenvalue weighted by Crippen LogP contribution is 2.26. The minimum absolute atomic E-state index is 0.0212. The van der Waals surface area contributed by atoms with Gasteiger partial charge in [0.1, 0.15) is 0 Å². The minimum Gasteiger partial charge on any atom is -0.286 e. The Hall–Kier alpha value is -0.510. The Morgan fingerprint density at radius 1 is 1.32 bits per heavy atom. The van der Waals surface area contributed by atoms with E-state index in [1.807, 2.05) is 20.8 Å². The maximum atomic E-state index is 12.1. The zero-order valence-corrected chi connectivity index (χ0v) is 13.5. The summed E-state index contributed by atoms with van der Waals surface area (Å²) in [6.45, 7) is 6.44. The molecule has 0 aliphatic rings. The lowest BCUT2D eigenvalue weighted by Crippen LogP contribution is -2.11. The van der Waals surface area contributed by atoms with Crippen LogP contribution in [0.3, 0.4) is 0 Å². The highest BCUT2D eigenvalue weighted by atomic mass is 35.5. The molecule has 1 aromatic carbocycles. The predicted octanol–water partition coefficient (Wildman–Crippen LogP) is 4.53. The fraction of sp³-hybridized carbons (Fsp3) is 0.429. The van der Waals surface area contributed by atoms with Crippen LogP contribution in [0.25, 0.3) is 0 Å². The maximum absolute atomic E-state index is 12.1. The Bertz CT molecular complexity index is 464. The van der Waals surface area contributed by atoms with E-state index >= 15 is 0 Å². The van der Waals surface area contributed by atoms with Gasteiger partial charge in [-0.05, 0) is 31.5 Å². The van der Waals surface area contributed by atoms with Gasteiger partial charge in [-0.2, -0.15) is 0 Å². The van der Waals surface area contributed by atoms with Gasteiger partial charge in [0.25, 0.3) is 6.61 Å². The smallest absolute Gasteiger partial charge is 0.286 e. The number of rotatable bonds is 4. The second-order valence-electron chi connectivity index (χ2n) is 4.26. The molecular formula is C14H17Cl2O2S+. The molecule has 0 heterocycles. The molecule has 0 atom stereocenters. The molecule has 0 saturated carbocycles. The van der Waals surface area contributed by atoms with Gasteiger partial charge in [-0.25, -0.2) is 0 Å². The minimum atomic E-state index is -0.0212. The van der Waals surface area contributed by atoms with E-state index in [9.17, 15) is 4.79 Å². The second-order valence-corrected chi connectivity index (χ2v) is 6.13. The molecule has 0 saturated heterocycles. The molecule has 0 unspecified atom stereocenters. The monoisotopic (exact) mass is 319 g/mol. The molecule has 1 aromatic rings. The van der Waals surface area contributed by atoms with Crippen molar-refractivity contribution in [1.82, 2.24) is 0 Å². The molecule has 0 aliphatic heterocycles. The summed E-state index contributed by atoms with van der Waals surface area (Å²) in [7, 11) is 0. The van der Waals surface area contributed by atoms with Crippen LogP contribution in [0.4, 0.5) is 0 Å². The van der Waals surface area contributed by atoms with Gasteiger partial charge in [0.05, 0.1) is 5.92 Å². The molecule has 0 fully saturated rings. The molecule has 0 aliphatic carbocycles. The summed E-state index contributed by atoms with van der Waals surface area (Å²) in [6.07, 6.45) is 0.201. The van der Waals surface area contributed by atoms with Crippen LogP contribution in [0.15, 0.2) is 18.2 Å². The van der Waals surface area contributed by atoms with E-state index in [4.69, 9.17) is 27.6 Å². The number of thioether (sulfide) groups is 1. The van der Waals surface area contributed by atoms with Gasteiger partial charge < -0.3 is 0 Å². The van der Waals surface area contributed by atoms with Gasteiger partial charge in [0, 0.05) is 35.2 Å². The van der Waals surface area contributed by atoms with E-state index in [2.05, 4.69) is 0 Å². The first-order valence-corrected chi connectivity index (χ1v) is 7.66. The average molecular weight is 320 g/mol. The van der Waals surface area contributed by atoms with Gasteiger partial charge in [0.15, 0.2) is 0 Å². The van der Waals surface area contributed by atoms with Crippen molar-refractivity contribution >= 4 is 45.2 Å². The summed E-state index contributed by atoms with van der Waals surface area (Å²) in [5, 5.41) is 1.75. The predicted molar refractivity (Wildman–Crippen MR) is 83.2 cm³/mol. The Morgan fingerprint density at radius 2 is 1.89 bits per heavy atom. The third kappa shape index (κ3) is 5.17. The highest BCUT2D eigenvalue weighted by molar-refractivity contribution is 8.26. The summed E-state index contributed by atoms with van der Waals surface area (Å²) in [5.41, 5.74) is 0.669. The van der Waals surface area contributed by atoms with E-state index in [-0.39, 0.29) is 17.5 Å². The summed E-state index contributed by atoms with van der Waals surface area (Å²) in [5.74, 6) is 0.190. The van der Waals surface area contributed by atoms with Crippen LogP contribution in [0, 0.1) is 5.92 Å². The lowest BCUT2D eigenvalue weighted by molar-refractivity contribution is -0.451. The van der Waals surface area contributed by atoms with Gasteiger partial charge in [-0.1, -0.05) is 29.3 Å². The molecule has 0 spiro atoms. The number of halogens is 2. The first kappa shape index (κ1) is 16.5. The first-order valence-electron chi connectivity index (χ1n) is 6.08. The number of carbonyl (C=O) groups excluding carboxylic acids is 2. The number of benzene rings is 1. The van der Waals surface area contributed by atoms with Crippen LogP contribution in [-0.2, 0) is 15.6 Å². The van der Waals surface area contributed by atoms with Crippen LogP contribution >= 0.6 is 35.0 Å². The van der Waals surface area contributed by atoms with E-state index in [1.165, 1.54) is 0 Å². The van der Waals surface area contributed by atoms with E-state index < -0.39 is 0 Å². The Balaban J connectivity index is 2.78. The van der Waals surface area contributed by atoms with Crippen molar-refractivity contribution in [3.63, 3.8) is 0 Å². The van der Waals surface area contributed by atoms with Crippen molar-refractivity contribution in [1.29, 1.82) is 0 Å². The zero-order chi connectivity index (χ0) is 14.4. The topological polar surface area (TPSA) is 28.4 Å². The van der Waals surface area contributed by atoms with Crippen LogP contribution in [-0.4, -0.2) is 16.8 Å². The summed E-state index contributed by atoms with van der Waals surface area (Å²) < 4.78 is 5.47. The van der Waals surface area contributed by atoms with Crippen molar-refractivity contribution in [2.45, 2.75) is 27.2 Å². The quantitative estimate of drug-likeness (QED) is 0.762. The fourth-order valence-corrected chi connectivity index (χ4v) is 2.83. The number of hydrogen-bond donors (Lipinski definition) is 0. The lowest BCUT2D eigenvalue weighted by Gasteiger charge is -2.05. The molecule has 0 bridgehead atoms. The summed E-state index contributed by atoms with van der Waals surface area (Å²) >= 11 is 13.2. The first-order chi connectivity index (χ1) is 8.95. The lowest BCUT2D eigenvalue weighted by atomic mass is 10.2. The molecule has 0 amide bonds. The van der Waals surface area contributed by atoms with Crippen molar-refractivity contribution in [3.05, 3.63) is 33.8 Å². The zero-order valence-electron chi connectivity index (χ0n) is 11.2. The van der Waals surface area contributed by atoms with E-state index in [0.717, 1.165) is 16.9 Å².